The monoisotopic (exact) mass is 391 g/mol. The second-order valence-corrected chi connectivity index (χ2v) is 7.12. The summed E-state index contributed by atoms with van der Waals surface area (Å²) in [5, 5.41) is 3.35. The molecule has 1 fully saturated rings. The fraction of sp³-hybridized carbons (Fsp3) is 0.227. The molecule has 148 valence electrons. The van der Waals surface area contributed by atoms with Crippen molar-refractivity contribution in [1.82, 2.24) is 9.80 Å². The first-order valence-electron chi connectivity index (χ1n) is 9.43. The van der Waals surface area contributed by atoms with Crippen LogP contribution in [-0.2, 0) is 0 Å². The molecule has 1 aromatic heterocycles. The van der Waals surface area contributed by atoms with Gasteiger partial charge < -0.3 is 19.5 Å². The summed E-state index contributed by atoms with van der Waals surface area (Å²) in [7, 11) is 2.03. The number of carbonyl (C=O) groups is 2. The molecule has 0 spiro atoms. The van der Waals surface area contributed by atoms with E-state index in [1.807, 2.05) is 7.05 Å². The summed E-state index contributed by atoms with van der Waals surface area (Å²) < 4.78 is 5.22. The van der Waals surface area contributed by atoms with Gasteiger partial charge in [0.05, 0.1) is 0 Å². The first-order chi connectivity index (χ1) is 14.0. The van der Waals surface area contributed by atoms with Gasteiger partial charge in [-0.25, -0.2) is 4.79 Å². The minimum absolute atomic E-state index is 0.0700. The number of nitrogens with zero attached hydrogens (tertiary/aromatic N) is 2. The third kappa shape index (κ3) is 4.05. The predicted molar refractivity (Wildman–Crippen MR) is 110 cm³/mol. The largest absolute Gasteiger partial charge is 0.422 e. The zero-order valence-corrected chi connectivity index (χ0v) is 16.1. The summed E-state index contributed by atoms with van der Waals surface area (Å²) in [5.41, 5.74) is 0.583. The summed E-state index contributed by atoms with van der Waals surface area (Å²) in [4.78, 5) is 41.5. The SMILES string of the molecule is CN1CCN(C(=O)c2cccc(NC(=O)c3cc4ccccc4oc3=O)c2)CC1. The van der Waals surface area contributed by atoms with E-state index in [1.54, 1.807) is 53.4 Å². The first kappa shape index (κ1) is 18.9. The molecular weight excluding hydrogens is 370 g/mol. The van der Waals surface area contributed by atoms with E-state index in [1.165, 1.54) is 6.07 Å². The molecule has 0 saturated carbocycles. The van der Waals surface area contributed by atoms with E-state index < -0.39 is 11.5 Å². The number of rotatable bonds is 3. The van der Waals surface area contributed by atoms with Gasteiger partial charge in [0.25, 0.3) is 11.8 Å². The lowest BCUT2D eigenvalue weighted by Crippen LogP contribution is -2.47. The molecule has 0 bridgehead atoms. The van der Waals surface area contributed by atoms with Crippen LogP contribution in [0.3, 0.4) is 0 Å². The van der Waals surface area contributed by atoms with Gasteiger partial charge >= 0.3 is 5.63 Å². The second kappa shape index (κ2) is 7.89. The van der Waals surface area contributed by atoms with Crippen LogP contribution in [0, 0.1) is 0 Å². The Morgan fingerprint density at radius 2 is 1.72 bits per heavy atom. The number of hydrogen-bond acceptors (Lipinski definition) is 5. The lowest BCUT2D eigenvalue weighted by atomic mass is 10.1. The molecule has 7 nitrogen and oxygen atoms in total. The number of amides is 2. The van der Waals surface area contributed by atoms with E-state index in [4.69, 9.17) is 4.42 Å². The van der Waals surface area contributed by atoms with Gasteiger partial charge in [0.15, 0.2) is 0 Å². The van der Waals surface area contributed by atoms with Crippen LogP contribution in [-0.4, -0.2) is 54.8 Å². The number of hydrogen-bond donors (Lipinski definition) is 1. The van der Waals surface area contributed by atoms with Gasteiger partial charge in [0.1, 0.15) is 11.1 Å². The molecule has 3 aromatic rings. The van der Waals surface area contributed by atoms with Gasteiger partial charge in [-0.15, -0.1) is 0 Å². The zero-order chi connectivity index (χ0) is 20.4. The van der Waals surface area contributed by atoms with Crippen molar-refractivity contribution in [1.29, 1.82) is 0 Å². The molecule has 0 aliphatic carbocycles. The maximum atomic E-state index is 12.7. The van der Waals surface area contributed by atoms with E-state index in [-0.39, 0.29) is 11.5 Å². The Bertz CT molecular complexity index is 1130. The van der Waals surface area contributed by atoms with Gasteiger partial charge in [-0.3, -0.25) is 9.59 Å². The number of fused-ring (bicyclic) bond motifs is 1. The highest BCUT2D eigenvalue weighted by atomic mass is 16.4. The molecule has 1 aliphatic heterocycles. The minimum Gasteiger partial charge on any atom is -0.422 e. The Kier molecular flexibility index (Phi) is 5.14. The fourth-order valence-corrected chi connectivity index (χ4v) is 3.34. The molecule has 0 unspecified atom stereocenters. The first-order valence-corrected chi connectivity index (χ1v) is 9.43. The molecule has 1 saturated heterocycles. The molecule has 2 aromatic carbocycles. The summed E-state index contributed by atoms with van der Waals surface area (Å²) in [6, 6.07) is 15.3. The Hall–Kier alpha value is -3.45. The van der Waals surface area contributed by atoms with Crippen LogP contribution in [0.25, 0.3) is 11.0 Å². The van der Waals surface area contributed by atoms with Crippen LogP contribution in [0.2, 0.25) is 0 Å². The number of benzene rings is 2. The van der Waals surface area contributed by atoms with Gasteiger partial charge in [0.2, 0.25) is 0 Å². The van der Waals surface area contributed by atoms with Crippen LogP contribution in [0.4, 0.5) is 5.69 Å². The molecule has 4 rings (SSSR count). The molecule has 2 amide bonds. The van der Waals surface area contributed by atoms with Gasteiger partial charge in [0, 0.05) is 42.8 Å². The van der Waals surface area contributed by atoms with Crippen LogP contribution >= 0.6 is 0 Å². The molecule has 1 N–H and O–H groups in total. The number of piperazine rings is 1. The highest BCUT2D eigenvalue weighted by molar-refractivity contribution is 6.06. The van der Waals surface area contributed by atoms with Gasteiger partial charge in [-0.1, -0.05) is 24.3 Å². The molecule has 7 heteroatoms. The molecule has 2 heterocycles. The van der Waals surface area contributed by atoms with E-state index in [0.717, 1.165) is 13.1 Å². The number of nitrogens with one attached hydrogen (secondary N) is 1. The molecular formula is C22H21N3O4. The van der Waals surface area contributed by atoms with Crippen LogP contribution in [0.15, 0.2) is 63.8 Å². The lowest BCUT2D eigenvalue weighted by Gasteiger charge is -2.32. The van der Waals surface area contributed by atoms with Crippen LogP contribution < -0.4 is 10.9 Å². The van der Waals surface area contributed by atoms with Crippen molar-refractivity contribution in [2.75, 3.05) is 38.5 Å². The zero-order valence-electron chi connectivity index (χ0n) is 16.1. The summed E-state index contributed by atoms with van der Waals surface area (Å²) in [5.74, 6) is -0.645. The maximum Gasteiger partial charge on any atom is 0.349 e. The van der Waals surface area contributed by atoms with Crippen molar-refractivity contribution in [3.05, 3.63) is 76.1 Å². The Morgan fingerprint density at radius 3 is 2.52 bits per heavy atom. The minimum atomic E-state index is -0.703. The fourth-order valence-electron chi connectivity index (χ4n) is 3.34. The summed E-state index contributed by atoms with van der Waals surface area (Å²) in [6.45, 7) is 3.01. The van der Waals surface area contributed by atoms with Crippen LogP contribution in [0.1, 0.15) is 20.7 Å². The quantitative estimate of drug-likeness (QED) is 0.694. The lowest BCUT2D eigenvalue weighted by molar-refractivity contribution is 0.0664. The standard InChI is InChI=1S/C22H21N3O4/c1-24-9-11-25(12-10-24)21(27)16-6-4-7-17(13-16)23-20(26)18-14-15-5-2-3-8-19(15)29-22(18)28/h2-8,13-14H,9-12H2,1H3,(H,23,26). The topological polar surface area (TPSA) is 82.9 Å². The third-order valence-corrected chi connectivity index (χ3v) is 5.04. The molecule has 1 aliphatic rings. The third-order valence-electron chi connectivity index (χ3n) is 5.04. The number of carbonyl (C=O) groups excluding carboxylic acids is 2. The van der Waals surface area contributed by atoms with E-state index >= 15 is 0 Å². The highest BCUT2D eigenvalue weighted by Gasteiger charge is 2.21. The average Bonchev–Trinajstić information content (AvgIpc) is 2.73. The Balaban J connectivity index is 1.53. The van der Waals surface area contributed by atoms with Crippen molar-refractivity contribution in [2.24, 2.45) is 0 Å². The second-order valence-electron chi connectivity index (χ2n) is 7.12. The highest BCUT2D eigenvalue weighted by Crippen LogP contribution is 2.17. The number of likely N-dealkylation sites (N-methyl/N-ethyl adjacent to an activating group) is 1. The predicted octanol–water partition coefficient (Wildman–Crippen LogP) is 2.43. The summed E-state index contributed by atoms with van der Waals surface area (Å²) >= 11 is 0. The smallest absolute Gasteiger partial charge is 0.349 e. The van der Waals surface area contributed by atoms with Crippen LogP contribution in [0.5, 0.6) is 0 Å². The van der Waals surface area contributed by atoms with Crippen molar-refractivity contribution >= 4 is 28.5 Å². The van der Waals surface area contributed by atoms with E-state index in [0.29, 0.717) is 35.3 Å². The Morgan fingerprint density at radius 1 is 0.966 bits per heavy atom. The van der Waals surface area contributed by atoms with Crippen molar-refractivity contribution < 1.29 is 14.0 Å². The van der Waals surface area contributed by atoms with Crippen molar-refractivity contribution in [2.45, 2.75) is 0 Å². The van der Waals surface area contributed by atoms with Gasteiger partial charge in [-0.05, 0) is 37.4 Å². The Labute approximate surface area is 167 Å². The maximum absolute atomic E-state index is 12.7. The molecule has 0 radical (unpaired) electrons. The van der Waals surface area contributed by atoms with Gasteiger partial charge in [-0.2, -0.15) is 0 Å². The average molecular weight is 391 g/mol. The molecule has 0 atom stereocenters. The number of anilines is 1. The van der Waals surface area contributed by atoms with Crippen molar-refractivity contribution in [3.63, 3.8) is 0 Å². The van der Waals surface area contributed by atoms with Crippen molar-refractivity contribution in [3.8, 4) is 0 Å². The van der Waals surface area contributed by atoms with E-state index in [2.05, 4.69) is 10.2 Å². The normalized spacial score (nSPS) is 14.7. The van der Waals surface area contributed by atoms with E-state index in [9.17, 15) is 14.4 Å². The number of para-hydroxylation sites is 1. The molecule has 29 heavy (non-hydrogen) atoms. The summed E-state index contributed by atoms with van der Waals surface area (Å²) in [6.07, 6.45) is 0.